The number of hydrogen-bond acceptors (Lipinski definition) is 4. The highest BCUT2D eigenvalue weighted by Gasteiger charge is 2.33. The van der Waals surface area contributed by atoms with Crippen LogP contribution in [0.5, 0.6) is 0 Å². The second-order valence-corrected chi connectivity index (χ2v) is 9.98. The van der Waals surface area contributed by atoms with Crippen LogP contribution in [0, 0.1) is 28.9 Å². The third kappa shape index (κ3) is 5.70. The Morgan fingerprint density at radius 1 is 1.03 bits per heavy atom. The highest BCUT2D eigenvalue weighted by Crippen LogP contribution is 2.41. The Balaban J connectivity index is 1.41. The van der Waals surface area contributed by atoms with E-state index in [1.165, 1.54) is 0 Å². The molecule has 5 nitrogen and oxygen atoms in total. The number of hydrogen-bond donors (Lipinski definition) is 1. The fraction of sp³-hybridized carbons (Fsp3) is 0.250. The Hall–Kier alpha value is -4.44. The van der Waals surface area contributed by atoms with Crippen LogP contribution in [0.25, 0.3) is 10.8 Å². The number of primary amides is 1. The van der Waals surface area contributed by atoms with Crippen molar-refractivity contribution < 1.29 is 18.3 Å². The first-order valence-electron chi connectivity index (χ1n) is 13.1. The van der Waals surface area contributed by atoms with Gasteiger partial charge in [0.25, 0.3) is 0 Å². The van der Waals surface area contributed by atoms with Gasteiger partial charge in [-0.2, -0.15) is 5.26 Å². The number of rotatable bonds is 7. The summed E-state index contributed by atoms with van der Waals surface area (Å²) in [6.45, 7) is 0.882. The lowest BCUT2D eigenvalue weighted by Gasteiger charge is -2.41. The molecule has 39 heavy (non-hydrogen) atoms. The van der Waals surface area contributed by atoms with Crippen LogP contribution in [0.3, 0.4) is 0 Å². The number of carbonyl (C=O) groups is 1. The van der Waals surface area contributed by atoms with Crippen molar-refractivity contribution in [2.24, 2.45) is 11.7 Å². The summed E-state index contributed by atoms with van der Waals surface area (Å²) in [5.41, 5.74) is 7.32. The fourth-order valence-electron chi connectivity index (χ4n) is 5.87. The van der Waals surface area contributed by atoms with Gasteiger partial charge in [0.05, 0.1) is 11.6 Å². The van der Waals surface area contributed by atoms with E-state index < -0.39 is 23.8 Å². The number of amides is 1. The second-order valence-electron chi connectivity index (χ2n) is 9.98. The van der Waals surface area contributed by atoms with Gasteiger partial charge in [-0.3, -0.25) is 0 Å². The van der Waals surface area contributed by atoms with E-state index in [1.54, 1.807) is 11.0 Å². The molecule has 0 aromatic heterocycles. The number of ether oxygens (including phenoxy) is 1. The minimum absolute atomic E-state index is 0.00358. The summed E-state index contributed by atoms with van der Waals surface area (Å²) in [7, 11) is 0. The summed E-state index contributed by atoms with van der Waals surface area (Å²) >= 11 is 0. The predicted octanol–water partition coefficient (Wildman–Crippen LogP) is 7.22. The zero-order chi connectivity index (χ0) is 27.4. The van der Waals surface area contributed by atoms with E-state index in [9.17, 15) is 13.6 Å². The van der Waals surface area contributed by atoms with Crippen molar-refractivity contribution in [2.45, 2.75) is 31.3 Å². The third-order valence-electron chi connectivity index (χ3n) is 7.67. The zero-order valence-corrected chi connectivity index (χ0v) is 21.4. The molecule has 4 aromatic carbocycles. The van der Waals surface area contributed by atoms with Crippen molar-refractivity contribution in [1.82, 2.24) is 0 Å². The number of benzene rings is 4. The summed E-state index contributed by atoms with van der Waals surface area (Å²) in [5, 5.41) is 11.1. The average Bonchev–Trinajstić information content (AvgIpc) is 2.95. The van der Waals surface area contributed by atoms with Crippen LogP contribution in [-0.4, -0.2) is 19.2 Å². The van der Waals surface area contributed by atoms with Crippen LogP contribution in [-0.2, 0) is 4.74 Å². The van der Waals surface area contributed by atoms with Crippen molar-refractivity contribution in [3.05, 3.63) is 113 Å². The van der Waals surface area contributed by atoms with E-state index in [4.69, 9.17) is 15.7 Å². The Morgan fingerprint density at radius 2 is 1.72 bits per heavy atom. The number of anilines is 1. The number of piperidine rings is 1. The lowest BCUT2D eigenvalue weighted by molar-refractivity contribution is 0.0952. The van der Waals surface area contributed by atoms with Gasteiger partial charge in [-0.1, -0.05) is 72.8 Å². The molecule has 7 heteroatoms. The van der Waals surface area contributed by atoms with Gasteiger partial charge < -0.3 is 15.4 Å². The van der Waals surface area contributed by atoms with Crippen molar-refractivity contribution in [3.63, 3.8) is 0 Å². The molecule has 0 saturated carbocycles. The second kappa shape index (κ2) is 11.5. The standard InChI is InChI=1S/C32H29F2N3O2/c33-28-17-21(19-35)18-29(34)31(28)37-16-15-24(27(20-37)23-7-2-1-3-8-23)13-14-30(39-32(36)38)26-12-6-10-22-9-4-5-11-25(22)26/h1-12,17-18,24,27,30H,13-16,20H2,(H2,36,38)/t24?,27?,30-/m1/s1. The first-order chi connectivity index (χ1) is 18.9. The van der Waals surface area contributed by atoms with Crippen LogP contribution in [0.15, 0.2) is 84.9 Å². The first kappa shape index (κ1) is 26.2. The van der Waals surface area contributed by atoms with Crippen LogP contribution in [0.2, 0.25) is 0 Å². The summed E-state index contributed by atoms with van der Waals surface area (Å²) in [4.78, 5) is 13.6. The quantitative estimate of drug-likeness (QED) is 0.276. The van der Waals surface area contributed by atoms with Gasteiger partial charge in [0, 0.05) is 24.6 Å². The van der Waals surface area contributed by atoms with E-state index in [0.717, 1.165) is 40.5 Å². The molecular formula is C32H29F2N3O2. The van der Waals surface area contributed by atoms with Crippen LogP contribution in [0.4, 0.5) is 19.3 Å². The molecule has 0 radical (unpaired) electrons. The third-order valence-corrected chi connectivity index (χ3v) is 7.67. The molecule has 1 amide bonds. The number of nitrogens with two attached hydrogens (primary N) is 1. The molecule has 2 N–H and O–H groups in total. The van der Waals surface area contributed by atoms with Crippen LogP contribution < -0.4 is 10.6 Å². The molecular weight excluding hydrogens is 496 g/mol. The number of fused-ring (bicyclic) bond motifs is 1. The Morgan fingerprint density at radius 3 is 2.44 bits per heavy atom. The fourth-order valence-corrected chi connectivity index (χ4v) is 5.87. The molecule has 1 fully saturated rings. The van der Waals surface area contributed by atoms with Gasteiger partial charge in [-0.25, -0.2) is 13.6 Å². The number of halogens is 2. The lowest BCUT2D eigenvalue weighted by Crippen LogP contribution is -2.40. The molecule has 5 rings (SSSR count). The summed E-state index contributed by atoms with van der Waals surface area (Å²) in [6, 6.07) is 27.8. The number of nitriles is 1. The van der Waals surface area contributed by atoms with Crippen molar-refractivity contribution in [1.29, 1.82) is 5.26 Å². The highest BCUT2D eigenvalue weighted by molar-refractivity contribution is 5.86. The average molecular weight is 526 g/mol. The molecule has 3 atom stereocenters. The minimum atomic E-state index is -0.825. The smallest absolute Gasteiger partial charge is 0.405 e. The first-order valence-corrected chi connectivity index (χ1v) is 13.1. The molecule has 4 aromatic rings. The van der Waals surface area contributed by atoms with Gasteiger partial charge in [-0.15, -0.1) is 0 Å². The van der Waals surface area contributed by atoms with Gasteiger partial charge in [0.15, 0.2) is 11.6 Å². The predicted molar refractivity (Wildman–Crippen MR) is 147 cm³/mol. The molecule has 1 aliphatic rings. The van der Waals surface area contributed by atoms with Gasteiger partial charge in [0.2, 0.25) is 0 Å². The molecule has 2 unspecified atom stereocenters. The topological polar surface area (TPSA) is 79.3 Å². The van der Waals surface area contributed by atoms with Crippen LogP contribution >= 0.6 is 0 Å². The van der Waals surface area contributed by atoms with E-state index in [-0.39, 0.29) is 23.1 Å². The van der Waals surface area contributed by atoms with Gasteiger partial charge in [-0.05, 0) is 53.6 Å². The van der Waals surface area contributed by atoms with Crippen molar-refractivity contribution >= 4 is 22.6 Å². The summed E-state index contributed by atoms with van der Waals surface area (Å²) < 4.78 is 35.4. The maximum absolute atomic E-state index is 14.9. The molecule has 0 bridgehead atoms. The van der Waals surface area contributed by atoms with E-state index in [0.29, 0.717) is 25.9 Å². The monoisotopic (exact) mass is 525 g/mol. The Kier molecular flexibility index (Phi) is 7.74. The van der Waals surface area contributed by atoms with Gasteiger partial charge >= 0.3 is 6.09 Å². The molecule has 1 heterocycles. The lowest BCUT2D eigenvalue weighted by atomic mass is 9.77. The van der Waals surface area contributed by atoms with Crippen molar-refractivity contribution in [3.8, 4) is 6.07 Å². The van der Waals surface area contributed by atoms with E-state index >= 15 is 0 Å². The molecule has 1 saturated heterocycles. The molecule has 198 valence electrons. The van der Waals surface area contributed by atoms with E-state index in [1.807, 2.05) is 72.8 Å². The maximum Gasteiger partial charge on any atom is 0.405 e. The van der Waals surface area contributed by atoms with Crippen molar-refractivity contribution in [2.75, 3.05) is 18.0 Å². The highest BCUT2D eigenvalue weighted by atomic mass is 19.1. The normalized spacial score (nSPS) is 17.9. The number of carbonyl (C=O) groups excluding carboxylic acids is 1. The molecule has 0 spiro atoms. The molecule has 0 aliphatic carbocycles. The summed E-state index contributed by atoms with van der Waals surface area (Å²) in [6.07, 6.45) is 0.639. The maximum atomic E-state index is 14.9. The van der Waals surface area contributed by atoms with E-state index in [2.05, 4.69) is 0 Å². The van der Waals surface area contributed by atoms with Gasteiger partial charge in [0.1, 0.15) is 11.8 Å². The zero-order valence-electron chi connectivity index (χ0n) is 21.4. The minimum Gasteiger partial charge on any atom is -0.441 e. The largest absolute Gasteiger partial charge is 0.441 e. The molecule has 1 aliphatic heterocycles. The Labute approximate surface area is 226 Å². The van der Waals surface area contributed by atoms with Crippen LogP contribution in [0.1, 0.15) is 48.0 Å². The summed E-state index contributed by atoms with van der Waals surface area (Å²) in [5.74, 6) is -1.29. The SMILES string of the molecule is N#Cc1cc(F)c(N2CCC(CC[C@@H](OC(N)=O)c3cccc4ccccc34)C(c3ccccc3)C2)c(F)c1. The Bertz CT molecular complexity index is 1490. The number of nitrogens with zero attached hydrogens (tertiary/aromatic N) is 2.